The van der Waals surface area contributed by atoms with Crippen LogP contribution in [0.1, 0.15) is 13.8 Å². The molecule has 0 saturated heterocycles. The van der Waals surface area contributed by atoms with Crippen molar-refractivity contribution >= 4 is 27.9 Å². The zero-order chi connectivity index (χ0) is 19.4. The first kappa shape index (κ1) is 18.9. The standard InChI is InChI=1S/C22H17BrO4/c1-14(24)26-19-8-3-16(4-9-19)18-7-12-22(23)21(13-18)17-5-10-20(11-6-17)27-15(2)25/h3-13H,1-2H3. The SMILES string of the molecule is CC(=O)Oc1ccc(-c2ccc(Br)c(-c3ccc(OC(C)=O)cc3)c2)cc1. The summed E-state index contributed by atoms with van der Waals surface area (Å²) in [4.78, 5) is 22.1. The van der Waals surface area contributed by atoms with Crippen LogP contribution in [-0.2, 0) is 9.59 Å². The number of esters is 2. The van der Waals surface area contributed by atoms with Gasteiger partial charge in [0.1, 0.15) is 11.5 Å². The van der Waals surface area contributed by atoms with Crippen molar-refractivity contribution in [1.82, 2.24) is 0 Å². The van der Waals surface area contributed by atoms with E-state index < -0.39 is 0 Å². The highest BCUT2D eigenvalue weighted by Crippen LogP contribution is 2.34. The summed E-state index contributed by atoms with van der Waals surface area (Å²) in [7, 11) is 0. The molecule has 0 fully saturated rings. The van der Waals surface area contributed by atoms with E-state index in [9.17, 15) is 9.59 Å². The lowest BCUT2D eigenvalue weighted by molar-refractivity contribution is -0.132. The van der Waals surface area contributed by atoms with E-state index in [1.165, 1.54) is 13.8 Å². The second-order valence-corrected chi connectivity index (χ2v) is 6.79. The van der Waals surface area contributed by atoms with Crippen LogP contribution in [0.15, 0.2) is 71.2 Å². The Morgan fingerprint density at radius 2 is 1.11 bits per heavy atom. The fourth-order valence-electron chi connectivity index (χ4n) is 2.68. The van der Waals surface area contributed by atoms with Crippen molar-refractivity contribution in [2.75, 3.05) is 0 Å². The van der Waals surface area contributed by atoms with Crippen LogP contribution < -0.4 is 9.47 Å². The van der Waals surface area contributed by atoms with Gasteiger partial charge in [-0.15, -0.1) is 0 Å². The van der Waals surface area contributed by atoms with Gasteiger partial charge in [0, 0.05) is 18.3 Å². The van der Waals surface area contributed by atoms with E-state index in [4.69, 9.17) is 9.47 Å². The van der Waals surface area contributed by atoms with E-state index in [1.807, 2.05) is 36.4 Å². The van der Waals surface area contributed by atoms with Gasteiger partial charge in [0.15, 0.2) is 0 Å². The lowest BCUT2D eigenvalue weighted by Gasteiger charge is -2.10. The Morgan fingerprint density at radius 3 is 1.59 bits per heavy atom. The molecule has 0 N–H and O–H groups in total. The largest absolute Gasteiger partial charge is 0.427 e. The quantitative estimate of drug-likeness (QED) is 0.402. The van der Waals surface area contributed by atoms with E-state index in [-0.39, 0.29) is 11.9 Å². The van der Waals surface area contributed by atoms with Gasteiger partial charge in [-0.25, -0.2) is 0 Å². The number of halogens is 1. The predicted molar refractivity (Wildman–Crippen MR) is 108 cm³/mol. The summed E-state index contributed by atoms with van der Waals surface area (Å²) in [6, 6.07) is 20.8. The molecule has 3 rings (SSSR count). The third-order valence-corrected chi connectivity index (χ3v) is 4.53. The van der Waals surface area contributed by atoms with E-state index in [0.717, 1.165) is 26.7 Å². The molecule has 27 heavy (non-hydrogen) atoms. The molecule has 0 heterocycles. The van der Waals surface area contributed by atoms with Gasteiger partial charge in [-0.3, -0.25) is 9.59 Å². The highest BCUT2D eigenvalue weighted by molar-refractivity contribution is 9.10. The molecule has 0 aliphatic heterocycles. The minimum absolute atomic E-state index is 0.342. The van der Waals surface area contributed by atoms with E-state index in [2.05, 4.69) is 22.0 Å². The average Bonchev–Trinajstić information content (AvgIpc) is 2.63. The number of hydrogen-bond acceptors (Lipinski definition) is 4. The molecular formula is C22H17BrO4. The van der Waals surface area contributed by atoms with Gasteiger partial charge in [0.05, 0.1) is 0 Å². The normalized spacial score (nSPS) is 10.3. The molecule has 0 bridgehead atoms. The molecule has 3 aromatic carbocycles. The fraction of sp³-hybridized carbons (Fsp3) is 0.0909. The smallest absolute Gasteiger partial charge is 0.308 e. The van der Waals surface area contributed by atoms with Gasteiger partial charge in [-0.05, 0) is 58.7 Å². The first-order valence-electron chi connectivity index (χ1n) is 8.29. The Morgan fingerprint density at radius 1 is 0.667 bits per heavy atom. The maximum atomic E-state index is 11.0. The van der Waals surface area contributed by atoms with Crippen LogP contribution in [0, 0.1) is 0 Å². The molecule has 0 amide bonds. The van der Waals surface area contributed by atoms with Crippen molar-refractivity contribution in [3.8, 4) is 33.8 Å². The van der Waals surface area contributed by atoms with Crippen molar-refractivity contribution in [2.24, 2.45) is 0 Å². The Bertz CT molecular complexity index is 976. The van der Waals surface area contributed by atoms with Crippen LogP contribution >= 0.6 is 15.9 Å². The zero-order valence-corrected chi connectivity index (χ0v) is 16.4. The summed E-state index contributed by atoms with van der Waals surface area (Å²) in [5.41, 5.74) is 4.06. The molecule has 5 heteroatoms. The molecular weight excluding hydrogens is 408 g/mol. The first-order chi connectivity index (χ1) is 12.9. The van der Waals surface area contributed by atoms with Crippen molar-refractivity contribution < 1.29 is 19.1 Å². The molecule has 0 atom stereocenters. The molecule has 3 aromatic rings. The van der Waals surface area contributed by atoms with Gasteiger partial charge in [0.25, 0.3) is 0 Å². The average molecular weight is 425 g/mol. The molecule has 0 radical (unpaired) electrons. The van der Waals surface area contributed by atoms with Gasteiger partial charge < -0.3 is 9.47 Å². The topological polar surface area (TPSA) is 52.6 Å². The number of carbonyl (C=O) groups excluding carboxylic acids is 2. The lowest BCUT2D eigenvalue weighted by atomic mass is 9.99. The van der Waals surface area contributed by atoms with Gasteiger partial charge in [-0.1, -0.05) is 46.3 Å². The summed E-state index contributed by atoms with van der Waals surface area (Å²) >= 11 is 3.59. The highest BCUT2D eigenvalue weighted by atomic mass is 79.9. The van der Waals surface area contributed by atoms with Crippen LogP contribution in [-0.4, -0.2) is 11.9 Å². The van der Waals surface area contributed by atoms with E-state index >= 15 is 0 Å². The summed E-state index contributed by atoms with van der Waals surface area (Å²) in [5, 5.41) is 0. The van der Waals surface area contributed by atoms with Gasteiger partial charge in [-0.2, -0.15) is 0 Å². The highest BCUT2D eigenvalue weighted by Gasteiger charge is 2.08. The van der Waals surface area contributed by atoms with Crippen LogP contribution in [0.4, 0.5) is 0 Å². The van der Waals surface area contributed by atoms with Crippen molar-refractivity contribution in [3.05, 3.63) is 71.2 Å². The Hall–Kier alpha value is -2.92. The predicted octanol–water partition coefficient (Wildman–Crippen LogP) is 5.63. The third-order valence-electron chi connectivity index (χ3n) is 3.84. The Kier molecular flexibility index (Phi) is 5.72. The maximum Gasteiger partial charge on any atom is 0.308 e. The summed E-state index contributed by atoms with van der Waals surface area (Å²) in [5.74, 6) is 0.346. The number of carbonyl (C=O) groups is 2. The zero-order valence-electron chi connectivity index (χ0n) is 14.9. The van der Waals surface area contributed by atoms with Crippen LogP contribution in [0.2, 0.25) is 0 Å². The molecule has 0 aliphatic carbocycles. The number of benzene rings is 3. The molecule has 0 saturated carbocycles. The summed E-state index contributed by atoms with van der Waals surface area (Å²) in [6.45, 7) is 2.75. The summed E-state index contributed by atoms with van der Waals surface area (Å²) < 4.78 is 11.1. The molecule has 0 aromatic heterocycles. The van der Waals surface area contributed by atoms with Crippen molar-refractivity contribution in [3.63, 3.8) is 0 Å². The number of hydrogen-bond donors (Lipinski definition) is 0. The molecule has 0 spiro atoms. The fourth-order valence-corrected chi connectivity index (χ4v) is 3.15. The molecule has 136 valence electrons. The Labute approximate surface area is 165 Å². The van der Waals surface area contributed by atoms with E-state index in [1.54, 1.807) is 24.3 Å². The van der Waals surface area contributed by atoms with Crippen LogP contribution in [0.25, 0.3) is 22.3 Å². The third kappa shape index (κ3) is 4.83. The number of rotatable bonds is 4. The lowest BCUT2D eigenvalue weighted by Crippen LogP contribution is -2.00. The molecule has 0 aliphatic rings. The second-order valence-electron chi connectivity index (χ2n) is 5.93. The van der Waals surface area contributed by atoms with Gasteiger partial charge in [0.2, 0.25) is 0 Å². The van der Waals surface area contributed by atoms with Crippen molar-refractivity contribution in [1.29, 1.82) is 0 Å². The summed E-state index contributed by atoms with van der Waals surface area (Å²) in [6.07, 6.45) is 0. The molecule has 4 nitrogen and oxygen atoms in total. The van der Waals surface area contributed by atoms with Crippen LogP contribution in [0.3, 0.4) is 0 Å². The minimum atomic E-state index is -0.344. The van der Waals surface area contributed by atoms with Gasteiger partial charge >= 0.3 is 11.9 Å². The monoisotopic (exact) mass is 424 g/mol. The van der Waals surface area contributed by atoms with Crippen molar-refractivity contribution in [2.45, 2.75) is 13.8 Å². The molecule has 0 unspecified atom stereocenters. The van der Waals surface area contributed by atoms with Crippen LogP contribution in [0.5, 0.6) is 11.5 Å². The first-order valence-corrected chi connectivity index (χ1v) is 9.09. The Balaban J connectivity index is 1.90. The maximum absolute atomic E-state index is 11.0. The minimum Gasteiger partial charge on any atom is -0.427 e. The van der Waals surface area contributed by atoms with E-state index in [0.29, 0.717) is 11.5 Å². The second kappa shape index (κ2) is 8.18. The number of ether oxygens (including phenoxy) is 2.